The molecule has 0 aromatic heterocycles. The van der Waals surface area contributed by atoms with E-state index in [1.807, 2.05) is 45.9 Å². The van der Waals surface area contributed by atoms with Crippen LogP contribution < -0.4 is 18.9 Å². The van der Waals surface area contributed by atoms with Gasteiger partial charge in [-0.05, 0) is 79.6 Å². The quantitative estimate of drug-likeness (QED) is 0.276. The maximum atomic E-state index is 12.1. The molecule has 4 rings (SSSR count). The third kappa shape index (κ3) is 3.56. The largest absolute Gasteiger partial charge is 0.495 e. The van der Waals surface area contributed by atoms with Gasteiger partial charge in [0, 0.05) is 32.8 Å². The highest BCUT2D eigenvalue weighted by molar-refractivity contribution is 6.11. The second kappa shape index (κ2) is 9.53. The summed E-state index contributed by atoms with van der Waals surface area (Å²) in [5.74, 6) is 2.06. The fraction of sp³-hybridized carbons (Fsp3) is 0.267. The fourth-order valence-corrected chi connectivity index (χ4v) is 5.20. The van der Waals surface area contributed by atoms with E-state index in [4.69, 9.17) is 18.9 Å². The number of benzene rings is 4. The average Bonchev–Trinajstić information content (AvgIpc) is 2.87. The first-order valence-electron chi connectivity index (χ1n) is 11.6. The second-order valence-corrected chi connectivity index (χ2v) is 8.89. The van der Waals surface area contributed by atoms with Crippen LogP contribution in [-0.4, -0.2) is 41.0 Å². The van der Waals surface area contributed by atoms with E-state index in [-0.39, 0.29) is 0 Å². The van der Waals surface area contributed by atoms with Crippen LogP contribution in [0.1, 0.15) is 43.0 Å². The Balaban J connectivity index is 2.22. The van der Waals surface area contributed by atoms with Gasteiger partial charge in [-0.1, -0.05) is 0 Å². The van der Waals surface area contributed by atoms with Crippen molar-refractivity contribution < 1.29 is 28.5 Å². The van der Waals surface area contributed by atoms with Gasteiger partial charge < -0.3 is 18.9 Å². The van der Waals surface area contributed by atoms with Crippen LogP contribution in [0.25, 0.3) is 32.7 Å². The van der Waals surface area contributed by atoms with Crippen LogP contribution in [0.4, 0.5) is 0 Å². The fourth-order valence-electron chi connectivity index (χ4n) is 5.20. The second-order valence-electron chi connectivity index (χ2n) is 8.89. The van der Waals surface area contributed by atoms with E-state index in [1.165, 1.54) is 14.2 Å². The molecule has 0 N–H and O–H groups in total. The first kappa shape index (κ1) is 25.0. The summed E-state index contributed by atoms with van der Waals surface area (Å²) in [7, 11) is 6.28. The number of carbonyl (C=O) groups is 2. The van der Waals surface area contributed by atoms with Crippen LogP contribution in [0.15, 0.2) is 24.3 Å². The van der Waals surface area contributed by atoms with Crippen LogP contribution in [0.5, 0.6) is 23.0 Å². The Kier molecular flexibility index (Phi) is 6.63. The molecular formula is C30H30O6. The Morgan fingerprint density at radius 3 is 1.42 bits per heavy atom. The summed E-state index contributed by atoms with van der Waals surface area (Å²) in [6.07, 6.45) is 1.68. The molecule has 0 amide bonds. The van der Waals surface area contributed by atoms with Crippen molar-refractivity contribution in [3.63, 3.8) is 0 Å². The summed E-state index contributed by atoms with van der Waals surface area (Å²) >= 11 is 0. The summed E-state index contributed by atoms with van der Waals surface area (Å²) in [6.45, 7) is 7.92. The zero-order valence-electron chi connectivity index (χ0n) is 21.9. The maximum absolute atomic E-state index is 12.1. The van der Waals surface area contributed by atoms with Crippen molar-refractivity contribution >= 4 is 34.1 Å². The van der Waals surface area contributed by atoms with E-state index >= 15 is 0 Å². The van der Waals surface area contributed by atoms with Crippen molar-refractivity contribution in [3.8, 4) is 34.1 Å². The molecule has 0 saturated heterocycles. The number of aldehydes is 2. The third-order valence-electron chi connectivity index (χ3n) is 7.03. The van der Waals surface area contributed by atoms with Gasteiger partial charge in [0.25, 0.3) is 0 Å². The van der Waals surface area contributed by atoms with Gasteiger partial charge in [-0.25, -0.2) is 0 Å². The van der Waals surface area contributed by atoms with Gasteiger partial charge in [-0.3, -0.25) is 9.59 Å². The summed E-state index contributed by atoms with van der Waals surface area (Å²) in [5, 5.41) is 3.12. The molecule has 0 spiro atoms. The molecule has 0 atom stereocenters. The zero-order chi connectivity index (χ0) is 26.3. The van der Waals surface area contributed by atoms with Crippen molar-refractivity contribution in [2.75, 3.05) is 28.4 Å². The Labute approximate surface area is 210 Å². The summed E-state index contributed by atoms with van der Waals surface area (Å²) in [6, 6.07) is 7.86. The highest BCUT2D eigenvalue weighted by atomic mass is 16.5. The van der Waals surface area contributed by atoms with Crippen molar-refractivity contribution in [1.82, 2.24) is 0 Å². The molecule has 0 aliphatic heterocycles. The normalized spacial score (nSPS) is 11.0. The van der Waals surface area contributed by atoms with Gasteiger partial charge in [0.2, 0.25) is 0 Å². The van der Waals surface area contributed by atoms with Gasteiger partial charge in [0.1, 0.15) is 11.5 Å². The van der Waals surface area contributed by atoms with E-state index in [2.05, 4.69) is 6.07 Å². The van der Waals surface area contributed by atoms with Gasteiger partial charge >= 0.3 is 0 Å². The molecule has 6 nitrogen and oxygen atoms in total. The van der Waals surface area contributed by atoms with E-state index in [9.17, 15) is 9.59 Å². The molecule has 0 saturated carbocycles. The Morgan fingerprint density at radius 2 is 0.972 bits per heavy atom. The molecule has 0 heterocycles. The van der Waals surface area contributed by atoms with Gasteiger partial charge in [0.05, 0.1) is 34.0 Å². The van der Waals surface area contributed by atoms with Crippen LogP contribution in [0, 0.1) is 27.7 Å². The van der Waals surface area contributed by atoms with E-state index < -0.39 is 0 Å². The predicted octanol–water partition coefficient (Wildman–Crippen LogP) is 6.55. The summed E-state index contributed by atoms with van der Waals surface area (Å²) in [5.41, 5.74) is 6.55. The molecular weight excluding hydrogens is 456 g/mol. The Morgan fingerprint density at radius 1 is 0.528 bits per heavy atom. The van der Waals surface area contributed by atoms with Crippen molar-refractivity contribution in [3.05, 3.63) is 57.6 Å². The van der Waals surface area contributed by atoms with Crippen LogP contribution in [0.2, 0.25) is 0 Å². The minimum absolute atomic E-state index is 0.376. The third-order valence-corrected chi connectivity index (χ3v) is 7.03. The molecule has 0 aliphatic rings. The first-order valence-corrected chi connectivity index (χ1v) is 11.6. The first-order chi connectivity index (χ1) is 17.3. The molecule has 4 aromatic carbocycles. The lowest BCUT2D eigenvalue weighted by Crippen LogP contribution is -2.03. The minimum atomic E-state index is 0.376. The monoisotopic (exact) mass is 486 g/mol. The highest BCUT2D eigenvalue weighted by Crippen LogP contribution is 2.50. The van der Waals surface area contributed by atoms with Gasteiger partial charge in [-0.15, -0.1) is 0 Å². The zero-order valence-corrected chi connectivity index (χ0v) is 21.9. The van der Waals surface area contributed by atoms with E-state index in [1.54, 1.807) is 14.2 Å². The molecule has 0 unspecified atom stereocenters. The number of hydrogen-bond acceptors (Lipinski definition) is 6. The molecule has 186 valence electrons. The number of fused-ring (bicyclic) bond motifs is 2. The van der Waals surface area contributed by atoms with Crippen molar-refractivity contribution in [2.24, 2.45) is 0 Å². The molecule has 0 bridgehead atoms. The molecule has 4 aromatic rings. The Hall–Kier alpha value is -4.06. The average molecular weight is 487 g/mol. The molecule has 0 fully saturated rings. The van der Waals surface area contributed by atoms with Gasteiger partial charge in [0.15, 0.2) is 24.1 Å². The Bertz CT molecular complexity index is 1550. The van der Waals surface area contributed by atoms with Crippen molar-refractivity contribution in [2.45, 2.75) is 27.7 Å². The molecule has 6 heteroatoms. The van der Waals surface area contributed by atoms with Gasteiger partial charge in [-0.2, -0.15) is 0 Å². The van der Waals surface area contributed by atoms with Crippen LogP contribution in [0.3, 0.4) is 0 Å². The van der Waals surface area contributed by atoms with Crippen LogP contribution in [-0.2, 0) is 0 Å². The smallest absolute Gasteiger partial charge is 0.171 e. The number of ether oxygens (including phenoxy) is 4. The molecule has 0 radical (unpaired) electrons. The number of methoxy groups -OCH3 is 4. The number of rotatable bonds is 7. The van der Waals surface area contributed by atoms with Crippen LogP contribution >= 0.6 is 0 Å². The maximum Gasteiger partial charge on any atom is 0.171 e. The SMILES string of the molecule is COc1cc2c(OC)c(-c3c(C)cc4c(C=O)c(C)c(C)cc4c3OC)c(C)cc2c(C=O)c1OC. The number of carbonyl (C=O) groups excluding carboxylic acids is 2. The summed E-state index contributed by atoms with van der Waals surface area (Å²) in [4.78, 5) is 24.2. The lowest BCUT2D eigenvalue weighted by Gasteiger charge is -2.23. The van der Waals surface area contributed by atoms with E-state index in [0.717, 1.165) is 56.7 Å². The number of aryl methyl sites for hydroxylation is 3. The molecule has 36 heavy (non-hydrogen) atoms. The topological polar surface area (TPSA) is 71.1 Å². The van der Waals surface area contributed by atoms with Crippen molar-refractivity contribution in [1.29, 1.82) is 0 Å². The lowest BCUT2D eigenvalue weighted by atomic mass is 9.86. The predicted molar refractivity (Wildman–Crippen MR) is 143 cm³/mol. The lowest BCUT2D eigenvalue weighted by molar-refractivity contribution is 0.111. The summed E-state index contributed by atoms with van der Waals surface area (Å²) < 4.78 is 23.0. The number of hydrogen-bond donors (Lipinski definition) is 0. The minimum Gasteiger partial charge on any atom is -0.495 e. The van der Waals surface area contributed by atoms with E-state index in [0.29, 0.717) is 44.9 Å². The molecule has 0 aliphatic carbocycles. The standard InChI is InChI=1S/C30H30O6/c1-15-9-21-19(23(13-31)18(15)4)10-16(2)26(29(21)35-7)27-17(3)11-20-22(30(27)36-8)12-25(33-5)28(34-6)24(20)14-32/h9-14H,1-8H3. The highest BCUT2D eigenvalue weighted by Gasteiger charge is 2.25.